The van der Waals surface area contributed by atoms with Crippen molar-refractivity contribution < 1.29 is 0 Å². The predicted octanol–water partition coefficient (Wildman–Crippen LogP) is 5.06. The molecular weight excluding hydrogens is 308 g/mol. The Morgan fingerprint density at radius 2 is 1.92 bits per heavy atom. The molecule has 4 heteroatoms. The summed E-state index contributed by atoms with van der Waals surface area (Å²) in [6.45, 7) is 13.2. The number of aryl methyl sites for hydroxylation is 1. The lowest BCUT2D eigenvalue weighted by molar-refractivity contribution is 0.444. The Kier molecular flexibility index (Phi) is 4.98. The predicted molar refractivity (Wildman–Crippen MR) is 106 cm³/mol. The average molecular weight is 338 g/mol. The van der Waals surface area contributed by atoms with Crippen LogP contribution in [0.5, 0.6) is 0 Å². The van der Waals surface area contributed by atoms with Gasteiger partial charge in [-0.15, -0.1) is 0 Å². The molecule has 1 unspecified atom stereocenters. The standard InChI is InChI=1S/C21H30N4/c1-15-9-8-12-25(14-15)20-13-19(22-16(2)23-20)24-18-11-7-6-10-17(18)21(3,4)5/h6-7,10-11,13,15H,8-9,12,14H2,1-5H3,(H,22,23,24). The molecule has 2 heterocycles. The van der Waals surface area contributed by atoms with Crippen molar-refractivity contribution in [1.29, 1.82) is 0 Å². The van der Waals surface area contributed by atoms with Gasteiger partial charge in [-0.25, -0.2) is 9.97 Å². The number of nitrogens with zero attached hydrogens (tertiary/aromatic N) is 3. The molecule has 25 heavy (non-hydrogen) atoms. The largest absolute Gasteiger partial charge is 0.356 e. The van der Waals surface area contributed by atoms with Gasteiger partial charge in [0.05, 0.1) is 0 Å². The summed E-state index contributed by atoms with van der Waals surface area (Å²) in [4.78, 5) is 11.7. The van der Waals surface area contributed by atoms with Gasteiger partial charge in [0, 0.05) is 24.8 Å². The molecule has 0 saturated carbocycles. The zero-order valence-corrected chi connectivity index (χ0v) is 16.1. The fourth-order valence-electron chi connectivity index (χ4n) is 3.56. The third kappa shape index (κ3) is 4.30. The maximum absolute atomic E-state index is 4.68. The summed E-state index contributed by atoms with van der Waals surface area (Å²) < 4.78 is 0. The van der Waals surface area contributed by atoms with Crippen LogP contribution in [-0.4, -0.2) is 23.1 Å². The Balaban J connectivity index is 1.89. The number of piperidine rings is 1. The van der Waals surface area contributed by atoms with Gasteiger partial charge in [0.2, 0.25) is 0 Å². The van der Waals surface area contributed by atoms with Crippen LogP contribution in [0.15, 0.2) is 30.3 Å². The van der Waals surface area contributed by atoms with Crippen molar-refractivity contribution in [3.63, 3.8) is 0 Å². The third-order valence-corrected chi connectivity index (χ3v) is 4.80. The Morgan fingerprint density at radius 3 is 2.64 bits per heavy atom. The number of anilines is 3. The van der Waals surface area contributed by atoms with Gasteiger partial charge in [0.15, 0.2) is 0 Å². The zero-order valence-electron chi connectivity index (χ0n) is 16.1. The first-order valence-corrected chi connectivity index (χ1v) is 9.30. The van der Waals surface area contributed by atoms with Crippen molar-refractivity contribution in [2.45, 2.75) is 52.9 Å². The number of rotatable bonds is 3. The summed E-state index contributed by atoms with van der Waals surface area (Å²) in [5.41, 5.74) is 2.49. The molecule has 0 aliphatic carbocycles. The van der Waals surface area contributed by atoms with E-state index >= 15 is 0 Å². The molecule has 4 nitrogen and oxygen atoms in total. The van der Waals surface area contributed by atoms with Gasteiger partial charge in [-0.3, -0.25) is 0 Å². The van der Waals surface area contributed by atoms with Gasteiger partial charge >= 0.3 is 0 Å². The Morgan fingerprint density at radius 1 is 1.16 bits per heavy atom. The fraction of sp³-hybridized carbons (Fsp3) is 0.524. The number of aromatic nitrogens is 2. The van der Waals surface area contributed by atoms with E-state index in [0.29, 0.717) is 0 Å². The van der Waals surface area contributed by atoms with Crippen LogP contribution < -0.4 is 10.2 Å². The van der Waals surface area contributed by atoms with Crippen LogP contribution in [0.3, 0.4) is 0 Å². The molecule has 0 spiro atoms. The van der Waals surface area contributed by atoms with Crippen LogP contribution in [0.4, 0.5) is 17.3 Å². The lowest BCUT2D eigenvalue weighted by Crippen LogP contribution is -2.35. The summed E-state index contributed by atoms with van der Waals surface area (Å²) >= 11 is 0. The molecule has 1 atom stereocenters. The van der Waals surface area contributed by atoms with E-state index in [0.717, 1.165) is 42.2 Å². The Bertz CT molecular complexity index is 733. The van der Waals surface area contributed by atoms with E-state index in [2.05, 4.69) is 78.2 Å². The summed E-state index contributed by atoms with van der Waals surface area (Å²) in [6, 6.07) is 10.6. The SMILES string of the molecule is Cc1nc(Nc2ccccc2C(C)(C)C)cc(N2CCCC(C)C2)n1. The van der Waals surface area contributed by atoms with Gasteiger partial charge in [-0.1, -0.05) is 45.9 Å². The second-order valence-electron chi connectivity index (χ2n) is 8.27. The number of benzene rings is 1. The molecule has 0 amide bonds. The first kappa shape index (κ1) is 17.7. The molecule has 1 aliphatic heterocycles. The summed E-state index contributed by atoms with van der Waals surface area (Å²) in [5, 5.41) is 3.53. The minimum atomic E-state index is 0.0802. The van der Waals surface area contributed by atoms with Crippen LogP contribution in [-0.2, 0) is 5.41 Å². The maximum atomic E-state index is 4.68. The Hall–Kier alpha value is -2.10. The van der Waals surface area contributed by atoms with Crippen molar-refractivity contribution >= 4 is 17.3 Å². The average Bonchev–Trinajstić information content (AvgIpc) is 2.54. The summed E-state index contributed by atoms with van der Waals surface area (Å²) in [6.07, 6.45) is 2.55. The molecule has 134 valence electrons. The first-order chi connectivity index (χ1) is 11.8. The second kappa shape index (κ2) is 7.03. The van der Waals surface area contributed by atoms with E-state index < -0.39 is 0 Å². The van der Waals surface area contributed by atoms with Gasteiger partial charge in [0.25, 0.3) is 0 Å². The van der Waals surface area contributed by atoms with Crippen molar-refractivity contribution in [3.8, 4) is 0 Å². The van der Waals surface area contributed by atoms with Crippen molar-refractivity contribution in [2.24, 2.45) is 5.92 Å². The van der Waals surface area contributed by atoms with Gasteiger partial charge in [0.1, 0.15) is 17.5 Å². The normalized spacial score (nSPS) is 18.3. The molecule has 1 aliphatic rings. The van der Waals surface area contributed by atoms with Crippen LogP contribution in [0, 0.1) is 12.8 Å². The lowest BCUT2D eigenvalue weighted by atomic mass is 9.86. The van der Waals surface area contributed by atoms with Crippen molar-refractivity contribution in [1.82, 2.24) is 9.97 Å². The molecular formula is C21H30N4. The monoisotopic (exact) mass is 338 g/mol. The van der Waals surface area contributed by atoms with Crippen molar-refractivity contribution in [2.75, 3.05) is 23.3 Å². The van der Waals surface area contributed by atoms with E-state index in [1.807, 2.05) is 6.92 Å². The van der Waals surface area contributed by atoms with Gasteiger partial charge < -0.3 is 10.2 Å². The molecule has 3 rings (SSSR count). The fourth-order valence-corrected chi connectivity index (χ4v) is 3.56. The van der Waals surface area contributed by atoms with E-state index in [1.165, 1.54) is 18.4 Å². The topological polar surface area (TPSA) is 41.1 Å². The second-order valence-corrected chi connectivity index (χ2v) is 8.27. The molecule has 1 fully saturated rings. The number of hydrogen-bond acceptors (Lipinski definition) is 4. The van der Waals surface area contributed by atoms with E-state index in [1.54, 1.807) is 0 Å². The highest BCUT2D eigenvalue weighted by Crippen LogP contribution is 2.31. The third-order valence-electron chi connectivity index (χ3n) is 4.80. The minimum Gasteiger partial charge on any atom is -0.356 e. The molecule has 1 aromatic heterocycles. The summed E-state index contributed by atoms with van der Waals surface area (Å²) in [7, 11) is 0. The van der Waals surface area contributed by atoms with E-state index in [4.69, 9.17) is 0 Å². The maximum Gasteiger partial charge on any atom is 0.136 e. The van der Waals surface area contributed by atoms with E-state index in [-0.39, 0.29) is 5.41 Å². The smallest absolute Gasteiger partial charge is 0.136 e. The number of hydrogen-bond donors (Lipinski definition) is 1. The van der Waals surface area contributed by atoms with Gasteiger partial charge in [-0.05, 0) is 42.7 Å². The van der Waals surface area contributed by atoms with Gasteiger partial charge in [-0.2, -0.15) is 0 Å². The molecule has 1 aromatic carbocycles. The molecule has 2 aromatic rings. The highest BCUT2D eigenvalue weighted by molar-refractivity contribution is 5.64. The Labute approximate surface area is 151 Å². The highest BCUT2D eigenvalue weighted by atomic mass is 15.2. The lowest BCUT2D eigenvalue weighted by Gasteiger charge is -2.32. The zero-order chi connectivity index (χ0) is 18.0. The quantitative estimate of drug-likeness (QED) is 0.849. The molecule has 1 saturated heterocycles. The highest BCUT2D eigenvalue weighted by Gasteiger charge is 2.20. The first-order valence-electron chi connectivity index (χ1n) is 9.30. The van der Waals surface area contributed by atoms with Crippen LogP contribution >= 0.6 is 0 Å². The van der Waals surface area contributed by atoms with Crippen molar-refractivity contribution in [3.05, 3.63) is 41.7 Å². The number of para-hydroxylation sites is 1. The van der Waals surface area contributed by atoms with E-state index in [9.17, 15) is 0 Å². The minimum absolute atomic E-state index is 0.0802. The molecule has 0 bridgehead atoms. The summed E-state index contributed by atoms with van der Waals surface area (Å²) in [5.74, 6) is 3.45. The molecule has 1 N–H and O–H groups in total. The number of nitrogens with one attached hydrogen (secondary N) is 1. The van der Waals surface area contributed by atoms with Crippen LogP contribution in [0.1, 0.15) is 51.9 Å². The molecule has 0 radical (unpaired) electrons. The van der Waals surface area contributed by atoms with Crippen LogP contribution in [0.2, 0.25) is 0 Å². The van der Waals surface area contributed by atoms with Crippen LogP contribution in [0.25, 0.3) is 0 Å².